The predicted octanol–water partition coefficient (Wildman–Crippen LogP) is 3.01. The van der Waals surface area contributed by atoms with Gasteiger partial charge in [-0.15, -0.1) is 0 Å². The Morgan fingerprint density at radius 3 is 2.81 bits per heavy atom. The van der Waals surface area contributed by atoms with Crippen molar-refractivity contribution in [3.63, 3.8) is 0 Å². The van der Waals surface area contributed by atoms with Crippen LogP contribution in [0.3, 0.4) is 0 Å². The lowest BCUT2D eigenvalue weighted by Crippen LogP contribution is -2.25. The number of allylic oxidation sites excluding steroid dienone is 2. The smallest absolute Gasteiger partial charge is 0.338 e. The molecule has 0 aliphatic carbocycles. The Morgan fingerprint density at radius 2 is 2.15 bits per heavy atom. The second-order valence-corrected chi connectivity index (χ2v) is 5.80. The molecule has 1 atom stereocenters. The lowest BCUT2D eigenvalue weighted by atomic mass is 9.83. The third-order valence-corrected chi connectivity index (χ3v) is 3.99. The van der Waals surface area contributed by atoms with E-state index in [1.54, 1.807) is 38.1 Å². The first kappa shape index (κ1) is 19.9. The van der Waals surface area contributed by atoms with Gasteiger partial charge in [0.25, 0.3) is 0 Å². The van der Waals surface area contributed by atoms with Crippen molar-refractivity contribution in [2.45, 2.75) is 32.6 Å². The molecule has 1 heterocycles. The summed E-state index contributed by atoms with van der Waals surface area (Å²) in [5, 5.41) is 18.2. The van der Waals surface area contributed by atoms with Gasteiger partial charge in [-0.2, -0.15) is 10.5 Å². The molecule has 7 heteroatoms. The van der Waals surface area contributed by atoms with E-state index in [0.29, 0.717) is 36.5 Å². The lowest BCUT2D eigenvalue weighted by molar-refractivity contribution is -0.139. The molecule has 0 saturated heterocycles. The Balaban J connectivity index is 2.41. The summed E-state index contributed by atoms with van der Waals surface area (Å²) in [4.78, 5) is 12.5. The molecule has 0 spiro atoms. The summed E-state index contributed by atoms with van der Waals surface area (Å²) >= 11 is 0. The molecule has 1 aromatic carbocycles. The normalized spacial score (nSPS) is 16.2. The minimum absolute atomic E-state index is 0.0339. The van der Waals surface area contributed by atoms with Crippen molar-refractivity contribution in [1.29, 1.82) is 10.5 Å². The van der Waals surface area contributed by atoms with Crippen molar-refractivity contribution >= 4 is 5.97 Å². The summed E-state index contributed by atoms with van der Waals surface area (Å²) in [6, 6.07) is 11.2. The molecule has 0 fully saturated rings. The third kappa shape index (κ3) is 4.59. The molecular formula is C20H21N3O4. The number of hydrogen-bond donors (Lipinski definition) is 1. The van der Waals surface area contributed by atoms with Crippen LogP contribution >= 0.6 is 0 Å². The average molecular weight is 367 g/mol. The molecule has 1 aliphatic heterocycles. The maximum atomic E-state index is 12.5. The highest BCUT2D eigenvalue weighted by atomic mass is 16.5. The van der Waals surface area contributed by atoms with Gasteiger partial charge in [0.1, 0.15) is 23.2 Å². The van der Waals surface area contributed by atoms with Crippen molar-refractivity contribution in [2.24, 2.45) is 5.73 Å². The van der Waals surface area contributed by atoms with Gasteiger partial charge in [-0.3, -0.25) is 0 Å². The van der Waals surface area contributed by atoms with Crippen LogP contribution in [0.25, 0.3) is 0 Å². The molecule has 0 amide bonds. The Kier molecular flexibility index (Phi) is 6.85. The molecule has 0 aromatic heterocycles. The Labute approximate surface area is 158 Å². The van der Waals surface area contributed by atoms with Gasteiger partial charge in [-0.05, 0) is 38.0 Å². The van der Waals surface area contributed by atoms with E-state index in [1.807, 2.05) is 6.07 Å². The molecule has 0 saturated carbocycles. The molecule has 7 nitrogen and oxygen atoms in total. The number of nitriles is 2. The van der Waals surface area contributed by atoms with Gasteiger partial charge in [0.15, 0.2) is 0 Å². The predicted molar refractivity (Wildman–Crippen MR) is 96.8 cm³/mol. The molecular weight excluding hydrogens is 346 g/mol. The van der Waals surface area contributed by atoms with Crippen molar-refractivity contribution in [1.82, 2.24) is 0 Å². The monoisotopic (exact) mass is 367 g/mol. The van der Waals surface area contributed by atoms with E-state index >= 15 is 0 Å². The number of rotatable bonds is 7. The maximum Gasteiger partial charge on any atom is 0.338 e. The average Bonchev–Trinajstić information content (AvgIpc) is 2.65. The van der Waals surface area contributed by atoms with Crippen molar-refractivity contribution in [3.05, 3.63) is 52.6 Å². The summed E-state index contributed by atoms with van der Waals surface area (Å²) in [5.74, 6) is -0.414. The van der Waals surface area contributed by atoms with Gasteiger partial charge in [-0.1, -0.05) is 12.1 Å². The van der Waals surface area contributed by atoms with Gasteiger partial charge in [0.05, 0.1) is 30.8 Å². The topological polar surface area (TPSA) is 118 Å². The Morgan fingerprint density at radius 1 is 1.37 bits per heavy atom. The first-order valence-electron chi connectivity index (χ1n) is 8.58. The van der Waals surface area contributed by atoms with Gasteiger partial charge >= 0.3 is 5.97 Å². The van der Waals surface area contributed by atoms with Crippen molar-refractivity contribution < 1.29 is 19.0 Å². The number of esters is 1. The maximum absolute atomic E-state index is 12.5. The van der Waals surface area contributed by atoms with Crippen LogP contribution in [-0.2, 0) is 14.3 Å². The quantitative estimate of drug-likeness (QED) is 0.581. The zero-order chi connectivity index (χ0) is 19.8. The molecule has 1 unspecified atom stereocenters. The Hall–Kier alpha value is -3.45. The standard InChI is InChI=1S/C20H21N3O4/c1-3-25-20(24)17-13(2)27-19(23)16(12-22)18(17)14-7-6-8-15(11-14)26-10-5-4-9-21/h6-8,11,18H,3-5,10,23H2,1-2H3. The summed E-state index contributed by atoms with van der Waals surface area (Å²) < 4.78 is 16.2. The number of carbonyl (C=O) groups is 1. The van der Waals surface area contributed by atoms with E-state index < -0.39 is 11.9 Å². The highest BCUT2D eigenvalue weighted by Crippen LogP contribution is 2.40. The molecule has 0 bridgehead atoms. The number of hydrogen-bond acceptors (Lipinski definition) is 7. The van der Waals surface area contributed by atoms with Crippen LogP contribution in [-0.4, -0.2) is 19.2 Å². The van der Waals surface area contributed by atoms with E-state index in [4.69, 9.17) is 25.2 Å². The second-order valence-electron chi connectivity index (χ2n) is 5.80. The first-order valence-corrected chi connectivity index (χ1v) is 8.58. The van der Waals surface area contributed by atoms with Gasteiger partial charge in [-0.25, -0.2) is 4.79 Å². The van der Waals surface area contributed by atoms with Crippen LogP contribution in [0, 0.1) is 22.7 Å². The van der Waals surface area contributed by atoms with Crippen LogP contribution in [0.1, 0.15) is 38.2 Å². The SMILES string of the molecule is CCOC(=O)C1=C(C)OC(N)=C(C#N)C1c1cccc(OCCCC#N)c1. The van der Waals surface area contributed by atoms with Crippen LogP contribution in [0.4, 0.5) is 0 Å². The van der Waals surface area contributed by atoms with Gasteiger partial charge in [0, 0.05) is 6.42 Å². The number of nitrogens with zero attached hydrogens (tertiary/aromatic N) is 2. The molecule has 1 aliphatic rings. The fraction of sp³-hybridized carbons (Fsp3) is 0.350. The summed E-state index contributed by atoms with van der Waals surface area (Å²) in [6.07, 6.45) is 1.02. The van der Waals surface area contributed by atoms with Gasteiger partial charge < -0.3 is 19.9 Å². The second kappa shape index (κ2) is 9.30. The number of benzene rings is 1. The van der Waals surface area contributed by atoms with E-state index in [1.165, 1.54) is 0 Å². The highest BCUT2D eigenvalue weighted by molar-refractivity contribution is 5.92. The van der Waals surface area contributed by atoms with Crippen LogP contribution < -0.4 is 10.5 Å². The zero-order valence-electron chi connectivity index (χ0n) is 15.3. The fourth-order valence-corrected chi connectivity index (χ4v) is 2.81. The Bertz CT molecular complexity index is 859. The number of nitrogens with two attached hydrogens (primary N) is 1. The molecule has 27 heavy (non-hydrogen) atoms. The number of unbranched alkanes of at least 4 members (excludes halogenated alkanes) is 1. The van der Waals surface area contributed by atoms with Crippen molar-refractivity contribution in [3.8, 4) is 17.9 Å². The summed E-state index contributed by atoms with van der Waals surface area (Å²) in [7, 11) is 0. The fourth-order valence-electron chi connectivity index (χ4n) is 2.81. The lowest BCUT2D eigenvalue weighted by Gasteiger charge is -2.27. The number of ether oxygens (including phenoxy) is 3. The molecule has 0 radical (unpaired) electrons. The molecule has 2 rings (SSSR count). The van der Waals surface area contributed by atoms with E-state index in [9.17, 15) is 10.1 Å². The molecule has 140 valence electrons. The van der Waals surface area contributed by atoms with E-state index in [2.05, 4.69) is 6.07 Å². The van der Waals surface area contributed by atoms with E-state index in [-0.39, 0.29) is 23.6 Å². The zero-order valence-corrected chi connectivity index (χ0v) is 15.3. The summed E-state index contributed by atoms with van der Waals surface area (Å²) in [5.41, 5.74) is 6.93. The minimum Gasteiger partial charge on any atom is -0.494 e. The summed E-state index contributed by atoms with van der Waals surface area (Å²) in [6.45, 7) is 3.92. The third-order valence-electron chi connectivity index (χ3n) is 3.99. The number of carbonyl (C=O) groups excluding carboxylic acids is 1. The molecule has 1 aromatic rings. The first-order chi connectivity index (χ1) is 13.0. The minimum atomic E-state index is -0.703. The largest absolute Gasteiger partial charge is 0.494 e. The van der Waals surface area contributed by atoms with Crippen LogP contribution in [0.15, 0.2) is 47.1 Å². The van der Waals surface area contributed by atoms with Crippen molar-refractivity contribution in [2.75, 3.05) is 13.2 Å². The van der Waals surface area contributed by atoms with Gasteiger partial charge in [0.2, 0.25) is 5.88 Å². The highest BCUT2D eigenvalue weighted by Gasteiger charge is 2.36. The van der Waals surface area contributed by atoms with Crippen LogP contribution in [0.5, 0.6) is 5.75 Å². The van der Waals surface area contributed by atoms with E-state index in [0.717, 1.165) is 0 Å². The van der Waals surface area contributed by atoms with Crippen LogP contribution in [0.2, 0.25) is 0 Å². The molecule has 2 N–H and O–H groups in total.